The summed E-state index contributed by atoms with van der Waals surface area (Å²) < 4.78 is 19.0. The summed E-state index contributed by atoms with van der Waals surface area (Å²) in [6, 6.07) is 4.33. The second-order valence-corrected chi connectivity index (χ2v) is 11.4. The smallest absolute Gasteiger partial charge is 0.258 e. The number of piperidine rings is 1. The number of aliphatic hydroxyl groups excluding tert-OH is 1. The molecule has 3 unspecified atom stereocenters. The minimum atomic E-state index is -0.768. The summed E-state index contributed by atoms with van der Waals surface area (Å²) in [6.45, 7) is 2.87. The number of rotatable bonds is 7. The van der Waals surface area contributed by atoms with Crippen molar-refractivity contribution in [3.05, 3.63) is 29.0 Å². The van der Waals surface area contributed by atoms with E-state index >= 15 is 0 Å². The van der Waals surface area contributed by atoms with Crippen molar-refractivity contribution in [1.29, 1.82) is 0 Å². The maximum absolute atomic E-state index is 13.6. The van der Waals surface area contributed by atoms with E-state index in [-0.39, 0.29) is 35.2 Å². The highest BCUT2D eigenvalue weighted by atomic mass is 35.5. The monoisotopic (exact) mass is 522 g/mol. The van der Waals surface area contributed by atoms with Crippen LogP contribution in [-0.2, 0) is 9.59 Å². The van der Waals surface area contributed by atoms with Crippen molar-refractivity contribution in [3.8, 4) is 5.75 Å². The van der Waals surface area contributed by atoms with E-state index in [1.807, 2.05) is 0 Å². The van der Waals surface area contributed by atoms with Gasteiger partial charge < -0.3 is 25.8 Å². The quantitative estimate of drug-likeness (QED) is 0.437. The molecular weight excluding hydrogens is 487 g/mol. The van der Waals surface area contributed by atoms with Gasteiger partial charge in [-0.15, -0.1) is 0 Å². The first-order valence-electron chi connectivity index (χ1n) is 13.1. The molecule has 1 aromatic rings. The van der Waals surface area contributed by atoms with Crippen molar-refractivity contribution in [3.63, 3.8) is 0 Å². The molecule has 3 atom stereocenters. The Morgan fingerprint density at radius 3 is 2.56 bits per heavy atom. The highest BCUT2D eigenvalue weighted by molar-refractivity contribution is 6.30. The van der Waals surface area contributed by atoms with Crippen molar-refractivity contribution < 1.29 is 23.8 Å². The van der Waals surface area contributed by atoms with Crippen LogP contribution in [0.3, 0.4) is 0 Å². The summed E-state index contributed by atoms with van der Waals surface area (Å²) in [6.07, 6.45) is 6.57. The van der Waals surface area contributed by atoms with Gasteiger partial charge in [-0.1, -0.05) is 11.6 Å². The molecule has 2 heterocycles. The molecule has 0 aromatic heterocycles. The van der Waals surface area contributed by atoms with Crippen LogP contribution in [0.15, 0.2) is 18.2 Å². The minimum Gasteiger partial charge on any atom is -0.484 e. The first kappa shape index (κ1) is 25.7. The van der Waals surface area contributed by atoms with E-state index in [1.54, 1.807) is 0 Å². The predicted octanol–water partition coefficient (Wildman–Crippen LogP) is 2.12. The van der Waals surface area contributed by atoms with Crippen molar-refractivity contribution >= 4 is 23.4 Å². The lowest BCUT2D eigenvalue weighted by molar-refractivity contribution is -0.137. The third kappa shape index (κ3) is 5.35. The van der Waals surface area contributed by atoms with Gasteiger partial charge in [0.2, 0.25) is 5.91 Å². The fourth-order valence-electron chi connectivity index (χ4n) is 6.52. The average Bonchev–Trinajstić information content (AvgIpc) is 3.41. The molecule has 5 fully saturated rings. The first-order valence-corrected chi connectivity index (χ1v) is 13.5. The number of carbonyl (C=O) groups excluding carboxylic acids is 2. The molecule has 2 amide bonds. The predicted molar refractivity (Wildman–Crippen MR) is 133 cm³/mol. The largest absolute Gasteiger partial charge is 0.484 e. The van der Waals surface area contributed by atoms with Gasteiger partial charge in [0.25, 0.3) is 5.91 Å². The molecule has 4 N–H and O–H groups in total. The van der Waals surface area contributed by atoms with Crippen LogP contribution in [0.5, 0.6) is 5.75 Å². The average molecular weight is 523 g/mol. The van der Waals surface area contributed by atoms with E-state index < -0.39 is 23.0 Å². The van der Waals surface area contributed by atoms with Crippen molar-refractivity contribution in [2.45, 2.75) is 87.1 Å². The van der Waals surface area contributed by atoms with Gasteiger partial charge in [-0.25, -0.2) is 4.39 Å². The lowest BCUT2D eigenvalue weighted by Crippen LogP contribution is -2.71. The van der Waals surface area contributed by atoms with Crippen LogP contribution in [-0.4, -0.2) is 77.3 Å². The number of hydrogen-bond donors (Lipinski definition) is 4. The number of halogens is 2. The molecule has 0 spiro atoms. The van der Waals surface area contributed by atoms with Crippen LogP contribution in [0.4, 0.5) is 4.39 Å². The van der Waals surface area contributed by atoms with Crippen molar-refractivity contribution in [2.75, 3.05) is 26.2 Å². The fraction of sp³-hybridized carbons (Fsp3) is 0.692. The van der Waals surface area contributed by atoms with Crippen LogP contribution in [0, 0.1) is 5.82 Å². The number of amides is 2. The third-order valence-electron chi connectivity index (χ3n) is 8.72. The fourth-order valence-corrected chi connectivity index (χ4v) is 6.64. The van der Waals surface area contributed by atoms with Crippen molar-refractivity contribution in [1.82, 2.24) is 20.9 Å². The van der Waals surface area contributed by atoms with Crippen LogP contribution in [0.1, 0.15) is 57.8 Å². The zero-order valence-corrected chi connectivity index (χ0v) is 21.3. The Morgan fingerprint density at radius 1 is 1.17 bits per heavy atom. The second-order valence-electron chi connectivity index (χ2n) is 11.0. The number of nitrogens with one attached hydrogen (secondary N) is 3. The Morgan fingerprint density at radius 2 is 1.92 bits per heavy atom. The number of carbonyl (C=O) groups is 2. The summed E-state index contributed by atoms with van der Waals surface area (Å²) >= 11 is 5.68. The maximum atomic E-state index is 13.6. The zero-order chi connectivity index (χ0) is 25.3. The van der Waals surface area contributed by atoms with E-state index in [4.69, 9.17) is 16.3 Å². The molecule has 8 nitrogen and oxygen atoms in total. The zero-order valence-electron chi connectivity index (χ0n) is 20.5. The molecule has 6 rings (SSSR count). The molecule has 2 aliphatic heterocycles. The number of fused-ring (bicyclic) bond motifs is 3. The third-order valence-corrected chi connectivity index (χ3v) is 9.03. The van der Waals surface area contributed by atoms with Gasteiger partial charge in [-0.05, 0) is 83.0 Å². The van der Waals surface area contributed by atoms with Crippen LogP contribution in [0.25, 0.3) is 0 Å². The Kier molecular flexibility index (Phi) is 7.45. The maximum Gasteiger partial charge on any atom is 0.258 e. The van der Waals surface area contributed by atoms with Gasteiger partial charge in [0.05, 0.1) is 22.7 Å². The van der Waals surface area contributed by atoms with Crippen LogP contribution < -0.4 is 20.7 Å². The Labute approximate surface area is 216 Å². The molecule has 10 heteroatoms. The summed E-state index contributed by atoms with van der Waals surface area (Å²) in [5.41, 5.74) is -1.17. The summed E-state index contributed by atoms with van der Waals surface area (Å²) in [7, 11) is 0. The molecule has 3 saturated carbocycles. The van der Waals surface area contributed by atoms with Gasteiger partial charge in [0.1, 0.15) is 11.6 Å². The number of likely N-dealkylation sites (tertiary alicyclic amines) is 1. The van der Waals surface area contributed by atoms with E-state index in [0.717, 1.165) is 38.5 Å². The number of ether oxygens (including phenoxy) is 1. The molecule has 2 saturated heterocycles. The minimum absolute atomic E-state index is 0.0145. The van der Waals surface area contributed by atoms with E-state index in [9.17, 15) is 19.1 Å². The number of aliphatic hydroxyl groups is 1. The van der Waals surface area contributed by atoms with Gasteiger partial charge in [-0.2, -0.15) is 0 Å². The second kappa shape index (κ2) is 10.4. The highest BCUT2D eigenvalue weighted by Crippen LogP contribution is 2.47. The molecule has 5 aliphatic rings. The molecule has 198 valence electrons. The molecular formula is C26H36ClFN4O4. The lowest BCUT2D eigenvalue weighted by Gasteiger charge is -2.56. The Bertz CT molecular complexity index is 973. The molecule has 2 bridgehead atoms. The molecule has 36 heavy (non-hydrogen) atoms. The SMILES string of the molecule is O=C(COc1ccc(Cl)c(F)c1)NC12CCC(NC(=O)C3CCC(N4CCCC4)CN3)(CC1)CC2O. The number of hydrogen-bond acceptors (Lipinski definition) is 6. The standard InChI is InChI=1S/C26H36ClFN4O4/c27-19-5-4-18(13-20(19)28)36-16-23(34)30-26-9-7-25(8-10-26,14-22(26)33)31-24(35)21-6-3-17(15-29-21)32-11-1-2-12-32/h4-5,13,17,21-22,29,33H,1-3,6-12,14-16H2,(H,30,34)(H,31,35). The van der Waals surface area contributed by atoms with Gasteiger partial charge in [-0.3, -0.25) is 14.5 Å². The first-order chi connectivity index (χ1) is 17.3. The summed E-state index contributed by atoms with van der Waals surface area (Å²) in [4.78, 5) is 28.2. The molecule has 3 aliphatic carbocycles. The van der Waals surface area contributed by atoms with Crippen LogP contribution >= 0.6 is 11.6 Å². The summed E-state index contributed by atoms with van der Waals surface area (Å²) in [5, 5.41) is 20.7. The summed E-state index contributed by atoms with van der Waals surface area (Å²) in [5.74, 6) is -0.760. The van der Waals surface area contributed by atoms with E-state index in [1.165, 1.54) is 25.0 Å². The van der Waals surface area contributed by atoms with Crippen molar-refractivity contribution in [2.24, 2.45) is 0 Å². The Balaban J connectivity index is 1.10. The lowest BCUT2D eigenvalue weighted by atomic mass is 9.59. The number of benzene rings is 1. The van der Waals surface area contributed by atoms with Gasteiger partial charge in [0.15, 0.2) is 6.61 Å². The van der Waals surface area contributed by atoms with Gasteiger partial charge in [0, 0.05) is 24.2 Å². The normalized spacial score (nSPS) is 34.4. The van der Waals surface area contributed by atoms with Crippen LogP contribution in [0.2, 0.25) is 5.02 Å². The Hall–Kier alpha value is -1.94. The molecule has 0 radical (unpaired) electrons. The van der Waals surface area contributed by atoms with E-state index in [0.29, 0.717) is 38.1 Å². The van der Waals surface area contributed by atoms with E-state index in [2.05, 4.69) is 20.9 Å². The topological polar surface area (TPSA) is 103 Å². The number of nitrogens with zero attached hydrogens (tertiary/aromatic N) is 1. The molecule has 1 aromatic carbocycles. The highest BCUT2D eigenvalue weighted by Gasteiger charge is 2.55. The van der Waals surface area contributed by atoms with Gasteiger partial charge >= 0.3 is 0 Å².